The van der Waals surface area contributed by atoms with Crippen LogP contribution in [0, 0.1) is 0 Å². The van der Waals surface area contributed by atoms with Crippen LogP contribution in [0.1, 0.15) is 52.5 Å². The number of carbonyl (C=O) groups excluding carboxylic acids is 2. The molecule has 0 aliphatic carbocycles. The Morgan fingerprint density at radius 2 is 1.47 bits per heavy atom. The Hall–Kier alpha value is -3.60. The van der Waals surface area contributed by atoms with Gasteiger partial charge >= 0.3 is 11.9 Å². The predicted molar refractivity (Wildman–Crippen MR) is 123 cm³/mol. The molecule has 0 aliphatic rings. The van der Waals surface area contributed by atoms with E-state index in [0.29, 0.717) is 24.3 Å². The Labute approximate surface area is 188 Å². The first-order valence-electron chi connectivity index (χ1n) is 10.9. The summed E-state index contributed by atoms with van der Waals surface area (Å²) < 4.78 is 16.5. The van der Waals surface area contributed by atoms with Crippen LogP contribution in [0.5, 0.6) is 11.5 Å². The van der Waals surface area contributed by atoms with Crippen molar-refractivity contribution in [1.29, 1.82) is 0 Å². The highest BCUT2D eigenvalue weighted by Crippen LogP contribution is 2.21. The van der Waals surface area contributed by atoms with E-state index in [4.69, 9.17) is 14.2 Å². The molecule has 0 saturated carbocycles. The SMILES string of the molecule is CCCCCOc1ccc(C(=O)Oc2ccccc2C(=O)OCCc2ccccc2)cc1. The van der Waals surface area contributed by atoms with E-state index in [1.807, 2.05) is 30.3 Å². The maximum Gasteiger partial charge on any atom is 0.343 e. The van der Waals surface area contributed by atoms with Crippen molar-refractivity contribution < 1.29 is 23.8 Å². The van der Waals surface area contributed by atoms with E-state index in [1.54, 1.807) is 48.5 Å². The van der Waals surface area contributed by atoms with Crippen LogP contribution in [-0.2, 0) is 11.2 Å². The molecule has 0 atom stereocenters. The van der Waals surface area contributed by atoms with E-state index in [9.17, 15) is 9.59 Å². The van der Waals surface area contributed by atoms with Crippen LogP contribution in [0.3, 0.4) is 0 Å². The summed E-state index contributed by atoms with van der Waals surface area (Å²) in [7, 11) is 0. The zero-order valence-electron chi connectivity index (χ0n) is 18.3. The third kappa shape index (κ3) is 6.98. The minimum absolute atomic E-state index is 0.169. The van der Waals surface area contributed by atoms with Crippen LogP contribution in [0.4, 0.5) is 0 Å². The lowest BCUT2D eigenvalue weighted by molar-refractivity contribution is 0.0504. The van der Waals surface area contributed by atoms with Gasteiger partial charge in [0.25, 0.3) is 0 Å². The number of unbranched alkanes of at least 4 members (excludes halogenated alkanes) is 2. The summed E-state index contributed by atoms with van der Waals surface area (Å²) in [6.45, 7) is 3.03. The topological polar surface area (TPSA) is 61.8 Å². The number of hydrogen-bond acceptors (Lipinski definition) is 5. The molecule has 5 nitrogen and oxygen atoms in total. The molecule has 0 fully saturated rings. The fourth-order valence-corrected chi connectivity index (χ4v) is 3.10. The molecule has 0 aromatic heterocycles. The molecule has 0 heterocycles. The van der Waals surface area contributed by atoms with Gasteiger partial charge in [-0.2, -0.15) is 0 Å². The maximum atomic E-state index is 12.6. The van der Waals surface area contributed by atoms with Crippen molar-refractivity contribution in [3.63, 3.8) is 0 Å². The van der Waals surface area contributed by atoms with Crippen LogP contribution < -0.4 is 9.47 Å². The molecule has 0 spiro atoms. The van der Waals surface area contributed by atoms with Crippen molar-refractivity contribution in [3.05, 3.63) is 95.6 Å². The molecule has 3 rings (SSSR count). The molecule has 3 aromatic rings. The molecule has 5 heteroatoms. The third-order valence-electron chi connectivity index (χ3n) is 4.88. The number of rotatable bonds is 11. The first kappa shape index (κ1) is 23.1. The molecule has 0 radical (unpaired) electrons. The first-order chi connectivity index (χ1) is 15.7. The molecule has 166 valence electrons. The Bertz CT molecular complexity index is 996. The smallest absolute Gasteiger partial charge is 0.343 e. The lowest BCUT2D eigenvalue weighted by atomic mass is 10.1. The summed E-state index contributed by atoms with van der Waals surface area (Å²) in [5, 5.41) is 0. The Kier molecular flexibility index (Phi) is 8.87. The lowest BCUT2D eigenvalue weighted by Gasteiger charge is -2.11. The lowest BCUT2D eigenvalue weighted by Crippen LogP contribution is -2.14. The first-order valence-corrected chi connectivity index (χ1v) is 10.9. The van der Waals surface area contributed by atoms with Crippen molar-refractivity contribution in [2.45, 2.75) is 32.6 Å². The minimum atomic E-state index is -0.549. The number of hydrogen-bond donors (Lipinski definition) is 0. The van der Waals surface area contributed by atoms with E-state index >= 15 is 0 Å². The van der Waals surface area contributed by atoms with E-state index in [0.717, 1.165) is 24.8 Å². The molecular weight excluding hydrogens is 404 g/mol. The summed E-state index contributed by atoms with van der Waals surface area (Å²) in [4.78, 5) is 25.1. The van der Waals surface area contributed by atoms with Gasteiger partial charge < -0.3 is 14.2 Å². The van der Waals surface area contributed by atoms with Crippen molar-refractivity contribution in [2.75, 3.05) is 13.2 Å². The molecule has 0 bridgehead atoms. The van der Waals surface area contributed by atoms with Gasteiger partial charge in [0.05, 0.1) is 18.8 Å². The Balaban J connectivity index is 1.56. The van der Waals surface area contributed by atoms with Gasteiger partial charge in [-0.1, -0.05) is 62.2 Å². The van der Waals surface area contributed by atoms with Gasteiger partial charge in [-0.3, -0.25) is 0 Å². The van der Waals surface area contributed by atoms with Gasteiger partial charge in [0, 0.05) is 6.42 Å². The van der Waals surface area contributed by atoms with Crippen LogP contribution in [-0.4, -0.2) is 25.2 Å². The maximum absolute atomic E-state index is 12.6. The zero-order valence-corrected chi connectivity index (χ0v) is 18.3. The molecule has 0 unspecified atom stereocenters. The fraction of sp³-hybridized carbons (Fsp3) is 0.259. The van der Waals surface area contributed by atoms with Gasteiger partial charge in [-0.25, -0.2) is 9.59 Å². The van der Waals surface area contributed by atoms with Gasteiger partial charge in [0.15, 0.2) is 0 Å². The molecule has 0 saturated heterocycles. The van der Waals surface area contributed by atoms with E-state index in [2.05, 4.69) is 6.92 Å². The number of carbonyl (C=O) groups is 2. The summed E-state index contributed by atoms with van der Waals surface area (Å²) >= 11 is 0. The summed E-state index contributed by atoms with van der Waals surface area (Å²) in [5.41, 5.74) is 1.67. The third-order valence-corrected chi connectivity index (χ3v) is 4.88. The Morgan fingerprint density at radius 3 is 2.22 bits per heavy atom. The van der Waals surface area contributed by atoms with Gasteiger partial charge in [-0.05, 0) is 48.4 Å². The van der Waals surface area contributed by atoms with Crippen LogP contribution >= 0.6 is 0 Å². The van der Waals surface area contributed by atoms with Crippen molar-refractivity contribution in [3.8, 4) is 11.5 Å². The van der Waals surface area contributed by atoms with Gasteiger partial charge in [-0.15, -0.1) is 0 Å². The van der Waals surface area contributed by atoms with E-state index < -0.39 is 11.9 Å². The van der Waals surface area contributed by atoms with Crippen molar-refractivity contribution in [1.82, 2.24) is 0 Å². The highest BCUT2D eigenvalue weighted by Gasteiger charge is 2.17. The number of ether oxygens (including phenoxy) is 3. The van der Waals surface area contributed by atoms with E-state index in [-0.39, 0.29) is 17.9 Å². The standard InChI is InChI=1S/C27H28O5/c1-2-3-9-19-30-23-16-14-22(15-17-23)26(28)32-25-13-8-7-12-24(25)27(29)31-20-18-21-10-5-4-6-11-21/h4-8,10-17H,2-3,9,18-20H2,1H3. The quantitative estimate of drug-likeness (QED) is 0.215. The minimum Gasteiger partial charge on any atom is -0.494 e. The fourth-order valence-electron chi connectivity index (χ4n) is 3.10. The highest BCUT2D eigenvalue weighted by atomic mass is 16.5. The Morgan fingerprint density at radius 1 is 0.750 bits per heavy atom. The number of esters is 2. The second-order valence-electron chi connectivity index (χ2n) is 7.34. The average molecular weight is 433 g/mol. The second kappa shape index (κ2) is 12.3. The van der Waals surface area contributed by atoms with Crippen LogP contribution in [0.25, 0.3) is 0 Å². The highest BCUT2D eigenvalue weighted by molar-refractivity contribution is 5.96. The predicted octanol–water partition coefficient (Wildman–Crippen LogP) is 5.87. The normalized spacial score (nSPS) is 10.4. The number of para-hydroxylation sites is 1. The van der Waals surface area contributed by atoms with Gasteiger partial charge in [0.1, 0.15) is 17.1 Å². The number of benzene rings is 3. The molecule has 0 N–H and O–H groups in total. The summed E-state index contributed by atoms with van der Waals surface area (Å²) in [6, 6.07) is 23.1. The monoisotopic (exact) mass is 432 g/mol. The zero-order chi connectivity index (χ0) is 22.6. The van der Waals surface area contributed by atoms with Crippen molar-refractivity contribution in [2.24, 2.45) is 0 Å². The van der Waals surface area contributed by atoms with Crippen molar-refractivity contribution >= 4 is 11.9 Å². The average Bonchev–Trinajstić information content (AvgIpc) is 2.83. The van der Waals surface area contributed by atoms with Crippen LogP contribution in [0.15, 0.2) is 78.9 Å². The molecule has 0 aliphatic heterocycles. The van der Waals surface area contributed by atoms with Gasteiger partial charge in [0.2, 0.25) is 0 Å². The van der Waals surface area contributed by atoms with E-state index in [1.165, 1.54) is 0 Å². The largest absolute Gasteiger partial charge is 0.494 e. The summed E-state index contributed by atoms with van der Waals surface area (Å²) in [6.07, 6.45) is 3.87. The molecule has 3 aromatic carbocycles. The summed E-state index contributed by atoms with van der Waals surface area (Å²) in [5.74, 6) is -0.200. The molecule has 32 heavy (non-hydrogen) atoms. The molecule has 0 amide bonds. The molecular formula is C27H28O5. The van der Waals surface area contributed by atoms with Crippen LogP contribution in [0.2, 0.25) is 0 Å². The second-order valence-corrected chi connectivity index (χ2v) is 7.34.